The number of ether oxygens (including phenoxy) is 3. The summed E-state index contributed by atoms with van der Waals surface area (Å²) in [6, 6.07) is 0. The van der Waals surface area contributed by atoms with Gasteiger partial charge in [0, 0.05) is 24.7 Å². The third kappa shape index (κ3) is 4.18. The van der Waals surface area contributed by atoms with Crippen molar-refractivity contribution in [3.63, 3.8) is 0 Å². The lowest BCUT2D eigenvalue weighted by molar-refractivity contribution is -0.576. The van der Waals surface area contributed by atoms with Gasteiger partial charge in [-0.05, 0) is 51.9 Å². The highest BCUT2D eigenvalue weighted by Gasteiger charge is 2.69. The first-order valence-corrected chi connectivity index (χ1v) is 11.8. The van der Waals surface area contributed by atoms with E-state index in [0.717, 1.165) is 19.3 Å². The molecule has 4 saturated heterocycles. The second-order valence-corrected chi connectivity index (χ2v) is 10.9. The lowest BCUT2D eigenvalue weighted by atomic mass is 9.58. The summed E-state index contributed by atoms with van der Waals surface area (Å²) < 4.78 is 18.2. The molecular weight excluding hydrogens is 418 g/mol. The Labute approximate surface area is 189 Å². The van der Waals surface area contributed by atoms with Gasteiger partial charge in [0.05, 0.1) is 18.6 Å². The predicted octanol–water partition coefficient (Wildman–Crippen LogP) is 2.40. The molecule has 1 spiro atoms. The summed E-state index contributed by atoms with van der Waals surface area (Å²) in [5.74, 6) is -1.04. The summed E-state index contributed by atoms with van der Waals surface area (Å²) >= 11 is 0. The Morgan fingerprint density at radius 3 is 2.59 bits per heavy atom. The van der Waals surface area contributed by atoms with Crippen LogP contribution in [-0.4, -0.2) is 53.1 Å². The van der Waals surface area contributed by atoms with E-state index in [1.807, 2.05) is 13.8 Å². The van der Waals surface area contributed by atoms with Crippen LogP contribution >= 0.6 is 0 Å². The van der Waals surface area contributed by atoms with Gasteiger partial charge >= 0.3 is 5.97 Å². The summed E-state index contributed by atoms with van der Waals surface area (Å²) in [6.45, 7) is 9.34. The van der Waals surface area contributed by atoms with E-state index in [1.54, 1.807) is 13.8 Å². The van der Waals surface area contributed by atoms with Crippen LogP contribution in [0, 0.1) is 23.7 Å². The zero-order valence-corrected chi connectivity index (χ0v) is 19.7. The van der Waals surface area contributed by atoms with E-state index in [2.05, 4.69) is 12.2 Å². The van der Waals surface area contributed by atoms with E-state index in [-0.39, 0.29) is 43.1 Å². The quantitative estimate of drug-likeness (QED) is 0.464. The van der Waals surface area contributed by atoms with Crippen LogP contribution in [0.15, 0.2) is 0 Å². The van der Waals surface area contributed by atoms with Crippen molar-refractivity contribution in [3.8, 4) is 0 Å². The lowest BCUT2D eigenvalue weighted by Crippen LogP contribution is -2.70. The summed E-state index contributed by atoms with van der Waals surface area (Å²) in [4.78, 5) is 36.5. The van der Waals surface area contributed by atoms with Gasteiger partial charge in [-0.25, -0.2) is 9.78 Å². The van der Waals surface area contributed by atoms with Crippen LogP contribution in [0.25, 0.3) is 0 Å². The molecular formula is C23H37NO8. The van der Waals surface area contributed by atoms with Crippen molar-refractivity contribution in [2.75, 3.05) is 6.61 Å². The van der Waals surface area contributed by atoms with Crippen LogP contribution in [-0.2, 0) is 33.6 Å². The van der Waals surface area contributed by atoms with Gasteiger partial charge in [-0.1, -0.05) is 13.8 Å². The van der Waals surface area contributed by atoms with Crippen LogP contribution in [0.2, 0.25) is 0 Å². The number of aliphatic hydroxyl groups excluding tert-OH is 1. The maximum atomic E-state index is 12.5. The molecule has 5 aliphatic rings. The minimum absolute atomic E-state index is 0.0225. The minimum atomic E-state index is -0.885. The molecule has 8 atom stereocenters. The molecule has 1 aliphatic carbocycles. The topological polar surface area (TPSA) is 113 Å². The first kappa shape index (κ1) is 23.9. The zero-order chi connectivity index (χ0) is 23.3. The molecule has 5 rings (SSSR count). The molecule has 1 amide bonds. The fraction of sp³-hybridized carbons (Fsp3) is 0.913. The van der Waals surface area contributed by atoms with Crippen molar-refractivity contribution >= 4 is 11.9 Å². The summed E-state index contributed by atoms with van der Waals surface area (Å²) in [6.07, 6.45) is 2.08. The summed E-state index contributed by atoms with van der Waals surface area (Å²) in [5.41, 5.74) is -1.44. The van der Waals surface area contributed by atoms with Gasteiger partial charge in [0.1, 0.15) is 0 Å². The summed E-state index contributed by atoms with van der Waals surface area (Å²) in [7, 11) is 0. The number of fused-ring (bicyclic) bond motifs is 2. The fourth-order valence-corrected chi connectivity index (χ4v) is 5.89. The van der Waals surface area contributed by atoms with Crippen LogP contribution in [0.3, 0.4) is 0 Å². The molecule has 4 aliphatic heterocycles. The van der Waals surface area contributed by atoms with Crippen molar-refractivity contribution in [3.05, 3.63) is 0 Å². The Balaban J connectivity index is 1.43. The first-order valence-electron chi connectivity index (χ1n) is 11.8. The first-order chi connectivity index (χ1) is 15.0. The molecule has 9 heteroatoms. The number of amides is 1. The largest absolute Gasteiger partial charge is 0.435 e. The van der Waals surface area contributed by atoms with Gasteiger partial charge in [-0.3, -0.25) is 9.59 Å². The fourth-order valence-electron chi connectivity index (χ4n) is 5.89. The van der Waals surface area contributed by atoms with Gasteiger partial charge in [-0.15, -0.1) is 0 Å². The van der Waals surface area contributed by atoms with Crippen LogP contribution in [0.4, 0.5) is 0 Å². The molecule has 0 aromatic heterocycles. The lowest BCUT2D eigenvalue weighted by Gasteiger charge is -2.59. The predicted molar refractivity (Wildman–Crippen MR) is 111 cm³/mol. The van der Waals surface area contributed by atoms with Crippen molar-refractivity contribution in [2.24, 2.45) is 23.7 Å². The Kier molecular flexibility index (Phi) is 6.35. The smallest absolute Gasteiger partial charge is 0.308 e. The SMILES string of the molecule is C[C@@H]1[C@@H](OC(=O)CCC(=O)NC(C)(C)CO)O[C@H]2O[C@@]3(C)CC[C@H]4[C@H](C)CC[C@H]1[C@@]24OO3. The monoisotopic (exact) mass is 455 g/mol. The van der Waals surface area contributed by atoms with Crippen molar-refractivity contribution in [2.45, 2.75) is 103 Å². The molecule has 32 heavy (non-hydrogen) atoms. The molecule has 9 nitrogen and oxygen atoms in total. The van der Waals surface area contributed by atoms with Crippen LogP contribution < -0.4 is 5.32 Å². The van der Waals surface area contributed by atoms with Gasteiger partial charge in [0.2, 0.25) is 18.0 Å². The number of esters is 1. The average Bonchev–Trinajstić information content (AvgIpc) is 2.96. The van der Waals surface area contributed by atoms with Crippen molar-refractivity contribution in [1.29, 1.82) is 0 Å². The van der Waals surface area contributed by atoms with E-state index < -0.39 is 35.5 Å². The highest BCUT2D eigenvalue weighted by molar-refractivity contribution is 5.81. The highest BCUT2D eigenvalue weighted by Crippen LogP contribution is 2.60. The highest BCUT2D eigenvalue weighted by atomic mass is 17.3. The molecule has 2 N–H and O–H groups in total. The minimum Gasteiger partial charge on any atom is -0.435 e. The van der Waals surface area contributed by atoms with Gasteiger partial charge < -0.3 is 24.6 Å². The Morgan fingerprint density at radius 2 is 1.88 bits per heavy atom. The molecule has 0 aromatic rings. The molecule has 2 bridgehead atoms. The molecule has 182 valence electrons. The van der Waals surface area contributed by atoms with Gasteiger partial charge in [-0.2, -0.15) is 0 Å². The van der Waals surface area contributed by atoms with E-state index in [9.17, 15) is 14.7 Å². The van der Waals surface area contributed by atoms with E-state index >= 15 is 0 Å². The van der Waals surface area contributed by atoms with E-state index in [4.69, 9.17) is 24.0 Å². The van der Waals surface area contributed by atoms with Crippen molar-refractivity contribution < 1.29 is 38.7 Å². The third-order valence-corrected chi connectivity index (χ3v) is 7.77. The Morgan fingerprint density at radius 1 is 1.12 bits per heavy atom. The molecule has 5 fully saturated rings. The van der Waals surface area contributed by atoms with Crippen LogP contribution in [0.1, 0.15) is 73.1 Å². The van der Waals surface area contributed by atoms with Gasteiger partial charge in [0.15, 0.2) is 11.9 Å². The van der Waals surface area contributed by atoms with Crippen LogP contribution in [0.5, 0.6) is 0 Å². The van der Waals surface area contributed by atoms with Gasteiger partial charge in [0.25, 0.3) is 0 Å². The van der Waals surface area contributed by atoms with Crippen molar-refractivity contribution in [1.82, 2.24) is 5.32 Å². The second-order valence-electron chi connectivity index (χ2n) is 10.9. The van der Waals surface area contributed by atoms with E-state index in [0.29, 0.717) is 12.3 Å². The molecule has 0 unspecified atom stereocenters. The van der Waals surface area contributed by atoms with E-state index in [1.165, 1.54) is 0 Å². The number of rotatable bonds is 6. The number of carbonyl (C=O) groups is 2. The average molecular weight is 456 g/mol. The Hall–Kier alpha value is -1.26. The normalized spacial score (nSPS) is 43.2. The molecule has 4 heterocycles. The number of hydrogen-bond acceptors (Lipinski definition) is 8. The maximum Gasteiger partial charge on any atom is 0.308 e. The number of nitrogens with one attached hydrogen (secondary N) is 1. The molecule has 1 saturated carbocycles. The molecule has 0 radical (unpaired) electrons. The standard InChI is InChI=1S/C23H37NO8/c1-13-6-7-16-14(2)19(28-18(27)9-8-17(26)24-21(3,4)12-25)29-20-23(16)15(13)10-11-22(5,30-20)31-32-23/h13-16,19-20,25H,6-12H2,1-5H3,(H,24,26)/t13-,14+,15+,16-,19+,20+,22-,23-/m1/s1. The molecule has 0 aromatic carbocycles. The number of carbonyl (C=O) groups excluding carboxylic acids is 2. The third-order valence-electron chi connectivity index (χ3n) is 7.77. The summed E-state index contributed by atoms with van der Waals surface area (Å²) in [5, 5.41) is 12.0. The maximum absolute atomic E-state index is 12.5. The zero-order valence-electron chi connectivity index (χ0n) is 19.7. The number of hydrogen-bond donors (Lipinski definition) is 2. The number of aliphatic hydroxyl groups is 1. The second kappa shape index (κ2) is 8.51. The Bertz CT molecular complexity index is 744.